The molecule has 11 aromatic rings. The SMILES string of the molecule is CC1(C)c2ccccc2-c2c(-c3ccc4cc(-c5nc(-c6ccc7oc8ccccc8c7c6)nc(-c6ccc7oc8ccccc8c7c6)n5)ccc4c3)cccc21. The van der Waals surface area contributed by atoms with Gasteiger partial charge in [-0.2, -0.15) is 0 Å². The maximum Gasteiger partial charge on any atom is 0.164 e. The highest BCUT2D eigenvalue weighted by Crippen LogP contribution is 2.52. The Balaban J connectivity index is 1.00. The topological polar surface area (TPSA) is 65.0 Å². The van der Waals surface area contributed by atoms with Gasteiger partial charge < -0.3 is 8.83 Å². The van der Waals surface area contributed by atoms with Gasteiger partial charge in [-0.05, 0) is 105 Å². The van der Waals surface area contributed by atoms with Crippen LogP contribution in [0.1, 0.15) is 25.0 Å². The van der Waals surface area contributed by atoms with E-state index in [2.05, 4.69) is 117 Å². The fraction of sp³-hybridized carbons (Fsp3) is 0.0577. The minimum atomic E-state index is -0.0495. The normalized spacial score (nSPS) is 13.2. The van der Waals surface area contributed by atoms with Gasteiger partial charge in [-0.25, -0.2) is 15.0 Å². The van der Waals surface area contributed by atoms with E-state index in [-0.39, 0.29) is 5.41 Å². The highest BCUT2D eigenvalue weighted by atomic mass is 16.3. The van der Waals surface area contributed by atoms with Gasteiger partial charge in [0.2, 0.25) is 0 Å². The number of nitrogens with zero attached hydrogens (tertiary/aromatic N) is 3. The largest absolute Gasteiger partial charge is 0.456 e. The molecule has 57 heavy (non-hydrogen) atoms. The van der Waals surface area contributed by atoms with Crippen LogP contribution in [0.15, 0.2) is 173 Å². The number of hydrogen-bond donors (Lipinski definition) is 0. The molecule has 0 unspecified atom stereocenters. The number of hydrogen-bond acceptors (Lipinski definition) is 5. The summed E-state index contributed by atoms with van der Waals surface area (Å²) >= 11 is 0. The molecule has 0 atom stereocenters. The molecule has 268 valence electrons. The van der Waals surface area contributed by atoms with Crippen molar-refractivity contribution in [2.24, 2.45) is 0 Å². The first-order chi connectivity index (χ1) is 28.0. The molecule has 0 N–H and O–H groups in total. The molecule has 0 aliphatic heterocycles. The van der Waals surface area contributed by atoms with E-state index in [9.17, 15) is 0 Å². The molecule has 0 radical (unpaired) electrons. The van der Waals surface area contributed by atoms with Gasteiger partial charge in [-0.3, -0.25) is 0 Å². The summed E-state index contributed by atoms with van der Waals surface area (Å²) in [5.74, 6) is 1.79. The van der Waals surface area contributed by atoms with Crippen LogP contribution < -0.4 is 0 Å². The average Bonchev–Trinajstić information content (AvgIpc) is 3.90. The third-order valence-corrected chi connectivity index (χ3v) is 11.9. The zero-order valence-corrected chi connectivity index (χ0v) is 31.2. The van der Waals surface area contributed by atoms with E-state index in [1.807, 2.05) is 60.7 Å². The number of furan rings is 2. The van der Waals surface area contributed by atoms with Crippen molar-refractivity contribution in [3.8, 4) is 56.4 Å². The summed E-state index contributed by atoms with van der Waals surface area (Å²) in [5.41, 5.74) is 13.9. The maximum absolute atomic E-state index is 6.16. The molecule has 0 fully saturated rings. The lowest BCUT2D eigenvalue weighted by Crippen LogP contribution is -2.14. The van der Waals surface area contributed by atoms with E-state index >= 15 is 0 Å². The Kier molecular flexibility index (Phi) is 6.62. The van der Waals surface area contributed by atoms with Gasteiger partial charge >= 0.3 is 0 Å². The Bertz CT molecular complexity index is 3330. The highest BCUT2D eigenvalue weighted by Gasteiger charge is 2.36. The zero-order chi connectivity index (χ0) is 37.8. The van der Waals surface area contributed by atoms with E-state index in [0.717, 1.165) is 71.3 Å². The van der Waals surface area contributed by atoms with Crippen LogP contribution in [0.4, 0.5) is 0 Å². The van der Waals surface area contributed by atoms with E-state index in [1.165, 1.54) is 33.4 Å². The third-order valence-electron chi connectivity index (χ3n) is 11.9. The van der Waals surface area contributed by atoms with Crippen molar-refractivity contribution in [1.82, 2.24) is 15.0 Å². The van der Waals surface area contributed by atoms with Gasteiger partial charge in [0.05, 0.1) is 0 Å². The van der Waals surface area contributed by atoms with Crippen molar-refractivity contribution < 1.29 is 8.83 Å². The first kappa shape index (κ1) is 31.9. The lowest BCUT2D eigenvalue weighted by molar-refractivity contribution is 0.660. The van der Waals surface area contributed by atoms with Gasteiger partial charge in [0.25, 0.3) is 0 Å². The van der Waals surface area contributed by atoms with Gasteiger partial charge in [0.1, 0.15) is 22.3 Å². The molecule has 3 aromatic heterocycles. The first-order valence-electron chi connectivity index (χ1n) is 19.3. The van der Waals surface area contributed by atoms with Crippen molar-refractivity contribution in [2.45, 2.75) is 19.3 Å². The number of benzene rings is 8. The number of aromatic nitrogens is 3. The third kappa shape index (κ3) is 4.85. The molecule has 1 aliphatic rings. The standard InChI is InChI=1S/C52H33N3O2/c1-52(2)42-14-6-3-12-39(42)48-36(13-9-15-43(48)52)32-20-18-31-27-33(21-19-30(31)26-32)49-53-50(34-22-24-46-40(28-34)37-10-4-7-16-44(37)56-46)55-51(54-49)35-23-25-47-41(29-35)38-11-5-8-17-45(38)57-47/h3-29H,1-2H3. The first-order valence-corrected chi connectivity index (χ1v) is 19.3. The van der Waals surface area contributed by atoms with Crippen molar-refractivity contribution in [3.05, 3.63) is 175 Å². The summed E-state index contributed by atoms with van der Waals surface area (Å²) in [4.78, 5) is 15.4. The molecule has 5 nitrogen and oxygen atoms in total. The Morgan fingerprint density at radius 2 is 0.825 bits per heavy atom. The van der Waals surface area contributed by atoms with Crippen LogP contribution in [-0.2, 0) is 5.41 Å². The fourth-order valence-corrected chi connectivity index (χ4v) is 9.04. The number of rotatable bonds is 4. The van der Waals surface area contributed by atoms with Gasteiger partial charge in [0, 0.05) is 43.7 Å². The van der Waals surface area contributed by atoms with Crippen LogP contribution in [0, 0.1) is 0 Å². The molecule has 8 aromatic carbocycles. The van der Waals surface area contributed by atoms with Gasteiger partial charge in [-0.1, -0.05) is 117 Å². The Morgan fingerprint density at radius 1 is 0.368 bits per heavy atom. The van der Waals surface area contributed by atoms with Gasteiger partial charge in [-0.15, -0.1) is 0 Å². The molecular weight excluding hydrogens is 699 g/mol. The van der Waals surface area contributed by atoms with Crippen LogP contribution in [0.2, 0.25) is 0 Å². The predicted octanol–water partition coefficient (Wildman–Crippen LogP) is 13.8. The van der Waals surface area contributed by atoms with Crippen molar-refractivity contribution in [2.75, 3.05) is 0 Å². The quantitative estimate of drug-likeness (QED) is 0.180. The predicted molar refractivity (Wildman–Crippen MR) is 231 cm³/mol. The Labute approximate surface area is 327 Å². The maximum atomic E-state index is 6.16. The second kappa shape index (κ2) is 11.8. The Hall–Kier alpha value is -7.37. The Morgan fingerprint density at radius 3 is 1.46 bits per heavy atom. The second-order valence-electron chi connectivity index (χ2n) is 15.6. The fourth-order valence-electron chi connectivity index (χ4n) is 9.04. The van der Waals surface area contributed by atoms with Crippen molar-refractivity contribution >= 4 is 54.6 Å². The second-order valence-corrected chi connectivity index (χ2v) is 15.6. The summed E-state index contributed by atoms with van der Waals surface area (Å²) in [5, 5.41) is 6.44. The summed E-state index contributed by atoms with van der Waals surface area (Å²) in [6.45, 7) is 4.66. The molecule has 3 heterocycles. The number of fused-ring (bicyclic) bond motifs is 10. The van der Waals surface area contributed by atoms with Crippen molar-refractivity contribution in [1.29, 1.82) is 0 Å². The molecule has 0 saturated carbocycles. The molecule has 0 spiro atoms. The van der Waals surface area contributed by atoms with Crippen LogP contribution in [0.25, 0.3) is 111 Å². The van der Waals surface area contributed by atoms with Crippen LogP contribution in [0.3, 0.4) is 0 Å². The zero-order valence-electron chi connectivity index (χ0n) is 31.2. The number of para-hydroxylation sites is 2. The van der Waals surface area contributed by atoms with E-state index < -0.39 is 0 Å². The molecule has 0 bridgehead atoms. The molecule has 0 amide bonds. The molecule has 0 saturated heterocycles. The molecule has 5 heteroatoms. The minimum absolute atomic E-state index is 0.0495. The summed E-state index contributed by atoms with van der Waals surface area (Å²) in [6, 6.07) is 57.4. The summed E-state index contributed by atoms with van der Waals surface area (Å²) in [6.07, 6.45) is 0. The molecule has 1 aliphatic carbocycles. The minimum Gasteiger partial charge on any atom is -0.456 e. The van der Waals surface area contributed by atoms with Crippen LogP contribution in [0.5, 0.6) is 0 Å². The summed E-state index contributed by atoms with van der Waals surface area (Å²) in [7, 11) is 0. The monoisotopic (exact) mass is 731 g/mol. The van der Waals surface area contributed by atoms with Crippen LogP contribution in [-0.4, -0.2) is 15.0 Å². The lowest BCUT2D eigenvalue weighted by atomic mass is 9.82. The van der Waals surface area contributed by atoms with E-state index in [0.29, 0.717) is 17.5 Å². The molecule has 12 rings (SSSR count). The highest BCUT2D eigenvalue weighted by molar-refractivity contribution is 6.07. The smallest absolute Gasteiger partial charge is 0.164 e. The lowest BCUT2D eigenvalue weighted by Gasteiger charge is -2.21. The van der Waals surface area contributed by atoms with Gasteiger partial charge in [0.15, 0.2) is 17.5 Å². The van der Waals surface area contributed by atoms with E-state index in [4.69, 9.17) is 23.8 Å². The van der Waals surface area contributed by atoms with Crippen molar-refractivity contribution in [3.63, 3.8) is 0 Å². The van der Waals surface area contributed by atoms with E-state index in [1.54, 1.807) is 0 Å². The summed E-state index contributed by atoms with van der Waals surface area (Å²) < 4.78 is 12.3. The molecular formula is C52H33N3O2. The average molecular weight is 732 g/mol. The van der Waals surface area contributed by atoms with Crippen LogP contribution >= 0.6 is 0 Å².